The maximum absolute atomic E-state index is 10.0. The number of aromatic nitrogens is 2. The molecule has 1 aromatic heterocycles. The number of likely N-dealkylation sites (N-methyl/N-ethyl adjacent to an activating group) is 1. The van der Waals surface area contributed by atoms with Gasteiger partial charge < -0.3 is 20.3 Å². The molecule has 5 nitrogen and oxygen atoms in total. The van der Waals surface area contributed by atoms with Crippen LogP contribution in [0.15, 0.2) is 18.2 Å². The molecule has 3 N–H and O–H groups in total. The Morgan fingerprint density at radius 2 is 2.24 bits per heavy atom. The van der Waals surface area contributed by atoms with E-state index >= 15 is 0 Å². The van der Waals surface area contributed by atoms with Crippen LogP contribution in [0.5, 0.6) is 0 Å². The third-order valence-electron chi connectivity index (χ3n) is 4.49. The minimum atomic E-state index is -0.576. The fourth-order valence-electron chi connectivity index (χ4n) is 3.26. The molecule has 0 bridgehead atoms. The van der Waals surface area contributed by atoms with Gasteiger partial charge in [0.25, 0.3) is 0 Å². The van der Waals surface area contributed by atoms with Gasteiger partial charge in [0.05, 0.1) is 11.0 Å². The number of fused-ring (bicyclic) bond motifs is 1. The number of anilines is 1. The normalized spacial score (nSPS) is 21.8. The second-order valence-corrected chi connectivity index (χ2v) is 6.13. The molecule has 0 radical (unpaired) electrons. The Labute approximate surface area is 125 Å². The third-order valence-corrected chi connectivity index (χ3v) is 4.49. The lowest BCUT2D eigenvalue weighted by atomic mass is 10.0. The number of nitrogens with two attached hydrogens (primary N) is 1. The minimum Gasteiger partial charge on any atom is -0.399 e. The van der Waals surface area contributed by atoms with Crippen LogP contribution in [-0.4, -0.2) is 39.2 Å². The first-order valence-electron chi connectivity index (χ1n) is 7.70. The van der Waals surface area contributed by atoms with Crippen molar-refractivity contribution in [2.75, 3.05) is 19.3 Å². The molecule has 21 heavy (non-hydrogen) atoms. The molecule has 1 aliphatic heterocycles. The molecular formula is C16H24N4O. The lowest BCUT2D eigenvalue weighted by Gasteiger charge is -2.33. The zero-order chi connectivity index (χ0) is 15.0. The van der Waals surface area contributed by atoms with Gasteiger partial charge in [0.15, 0.2) is 0 Å². The number of aliphatic hydroxyl groups excluding tert-OH is 1. The van der Waals surface area contributed by atoms with Crippen LogP contribution in [0.1, 0.15) is 38.1 Å². The van der Waals surface area contributed by atoms with Crippen LogP contribution in [0.25, 0.3) is 11.0 Å². The van der Waals surface area contributed by atoms with Gasteiger partial charge in [0.2, 0.25) is 0 Å². The number of likely N-dealkylation sites (tertiary alicyclic amines) is 1. The quantitative estimate of drug-likeness (QED) is 0.849. The zero-order valence-corrected chi connectivity index (χ0v) is 12.8. The van der Waals surface area contributed by atoms with Crippen molar-refractivity contribution in [1.29, 1.82) is 0 Å². The van der Waals surface area contributed by atoms with Gasteiger partial charge in [-0.1, -0.05) is 6.42 Å². The highest BCUT2D eigenvalue weighted by Gasteiger charge is 2.23. The van der Waals surface area contributed by atoms with E-state index in [0.717, 1.165) is 29.9 Å². The van der Waals surface area contributed by atoms with Crippen molar-refractivity contribution < 1.29 is 5.11 Å². The number of hydrogen-bond acceptors (Lipinski definition) is 4. The molecule has 1 aliphatic rings. The number of nitrogen functional groups attached to an aromatic ring is 1. The molecule has 0 aliphatic carbocycles. The van der Waals surface area contributed by atoms with Crippen LogP contribution in [0.4, 0.5) is 5.69 Å². The molecule has 5 heteroatoms. The Bertz CT molecular complexity index is 634. The van der Waals surface area contributed by atoms with Crippen molar-refractivity contribution in [2.45, 2.75) is 44.9 Å². The van der Waals surface area contributed by atoms with Gasteiger partial charge in [-0.15, -0.1) is 0 Å². The Hall–Kier alpha value is -1.59. The number of imidazole rings is 1. The van der Waals surface area contributed by atoms with Gasteiger partial charge >= 0.3 is 0 Å². The van der Waals surface area contributed by atoms with Gasteiger partial charge in [-0.25, -0.2) is 4.98 Å². The predicted octanol–water partition coefficient (Wildman–Crippen LogP) is 2.16. The highest BCUT2D eigenvalue weighted by Crippen LogP contribution is 2.25. The maximum atomic E-state index is 10.0. The van der Waals surface area contributed by atoms with Crippen LogP contribution in [0.2, 0.25) is 0 Å². The maximum Gasteiger partial charge on any atom is 0.138 e. The number of nitrogens with zero attached hydrogens (tertiary/aromatic N) is 3. The van der Waals surface area contributed by atoms with Crippen LogP contribution in [0, 0.1) is 0 Å². The standard InChI is InChI=1S/C16H24N4O/c1-11(21)16-18-14-9-12(17)6-7-15(14)20(16)10-13-5-3-4-8-19(13)2/h6-7,9,11,13,21H,3-5,8,10,17H2,1-2H3. The fraction of sp³-hybridized carbons (Fsp3) is 0.562. The molecule has 1 fully saturated rings. The summed E-state index contributed by atoms with van der Waals surface area (Å²) >= 11 is 0. The molecule has 0 amide bonds. The number of aliphatic hydroxyl groups is 1. The Morgan fingerprint density at radius 3 is 2.95 bits per heavy atom. The predicted molar refractivity (Wildman–Crippen MR) is 85.0 cm³/mol. The van der Waals surface area contributed by atoms with E-state index in [2.05, 4.69) is 21.5 Å². The average molecular weight is 288 g/mol. The third kappa shape index (κ3) is 2.76. The van der Waals surface area contributed by atoms with E-state index in [1.165, 1.54) is 19.3 Å². The lowest BCUT2D eigenvalue weighted by molar-refractivity contribution is 0.154. The second kappa shape index (κ2) is 5.66. The Kier molecular flexibility index (Phi) is 3.87. The molecule has 3 rings (SSSR count). The van der Waals surface area contributed by atoms with Crippen molar-refractivity contribution in [3.05, 3.63) is 24.0 Å². The summed E-state index contributed by atoms with van der Waals surface area (Å²) in [4.78, 5) is 6.99. The first-order chi connectivity index (χ1) is 10.1. The summed E-state index contributed by atoms with van der Waals surface area (Å²) in [6, 6.07) is 6.29. The van der Waals surface area contributed by atoms with Crippen molar-refractivity contribution in [3.63, 3.8) is 0 Å². The molecule has 2 heterocycles. The van der Waals surface area contributed by atoms with Crippen LogP contribution in [0.3, 0.4) is 0 Å². The van der Waals surface area contributed by atoms with Crippen molar-refractivity contribution >= 4 is 16.7 Å². The first-order valence-corrected chi connectivity index (χ1v) is 7.70. The van der Waals surface area contributed by atoms with E-state index in [9.17, 15) is 5.11 Å². The van der Waals surface area contributed by atoms with Crippen molar-refractivity contribution in [3.8, 4) is 0 Å². The molecule has 2 aromatic rings. The summed E-state index contributed by atoms with van der Waals surface area (Å²) in [6.07, 6.45) is 3.17. The Balaban J connectivity index is 2.00. The summed E-state index contributed by atoms with van der Waals surface area (Å²) in [5.41, 5.74) is 8.47. The summed E-state index contributed by atoms with van der Waals surface area (Å²) in [7, 11) is 2.18. The monoisotopic (exact) mass is 288 g/mol. The molecular weight excluding hydrogens is 264 g/mol. The topological polar surface area (TPSA) is 67.3 Å². The first kappa shape index (κ1) is 14.4. The molecule has 0 saturated carbocycles. The summed E-state index contributed by atoms with van der Waals surface area (Å²) in [6.45, 7) is 3.79. The smallest absolute Gasteiger partial charge is 0.138 e. The van der Waals surface area contributed by atoms with Crippen molar-refractivity contribution in [1.82, 2.24) is 14.5 Å². The molecule has 1 saturated heterocycles. The largest absolute Gasteiger partial charge is 0.399 e. The number of rotatable bonds is 3. The second-order valence-electron chi connectivity index (χ2n) is 6.13. The molecule has 0 spiro atoms. The molecule has 1 aromatic carbocycles. The Morgan fingerprint density at radius 1 is 1.43 bits per heavy atom. The van der Waals surface area contributed by atoms with E-state index in [1.54, 1.807) is 6.92 Å². The van der Waals surface area contributed by atoms with Gasteiger partial charge in [0, 0.05) is 18.3 Å². The van der Waals surface area contributed by atoms with Gasteiger partial charge in [0.1, 0.15) is 11.9 Å². The van der Waals surface area contributed by atoms with E-state index in [0.29, 0.717) is 11.7 Å². The number of benzene rings is 1. The lowest BCUT2D eigenvalue weighted by Crippen LogP contribution is -2.39. The highest BCUT2D eigenvalue weighted by molar-refractivity contribution is 5.79. The van der Waals surface area contributed by atoms with Gasteiger partial charge in [-0.2, -0.15) is 0 Å². The number of hydrogen-bond donors (Lipinski definition) is 2. The summed E-state index contributed by atoms with van der Waals surface area (Å²) in [5.74, 6) is 0.731. The van der Waals surface area contributed by atoms with E-state index < -0.39 is 6.10 Å². The molecule has 2 unspecified atom stereocenters. The van der Waals surface area contributed by atoms with Crippen LogP contribution >= 0.6 is 0 Å². The molecule has 114 valence electrons. The van der Waals surface area contributed by atoms with Gasteiger partial charge in [-0.05, 0) is 51.6 Å². The fourth-order valence-corrected chi connectivity index (χ4v) is 3.26. The minimum absolute atomic E-state index is 0.506. The van der Waals surface area contributed by atoms with Crippen molar-refractivity contribution in [2.24, 2.45) is 0 Å². The number of piperidine rings is 1. The zero-order valence-electron chi connectivity index (χ0n) is 12.8. The van der Waals surface area contributed by atoms with Crippen LogP contribution < -0.4 is 5.73 Å². The SMILES string of the molecule is CC(O)c1nc2cc(N)ccc2n1CC1CCCCN1C. The summed E-state index contributed by atoms with van der Waals surface area (Å²) < 4.78 is 2.16. The van der Waals surface area contributed by atoms with Gasteiger partial charge in [-0.3, -0.25) is 0 Å². The van der Waals surface area contributed by atoms with Crippen LogP contribution in [-0.2, 0) is 6.54 Å². The summed E-state index contributed by atoms with van der Waals surface area (Å²) in [5, 5.41) is 10.0. The van der Waals surface area contributed by atoms with E-state index in [4.69, 9.17) is 5.73 Å². The molecule has 2 atom stereocenters. The highest BCUT2D eigenvalue weighted by atomic mass is 16.3. The van der Waals surface area contributed by atoms with E-state index in [1.807, 2.05) is 18.2 Å². The average Bonchev–Trinajstić information content (AvgIpc) is 2.79. The van der Waals surface area contributed by atoms with E-state index in [-0.39, 0.29) is 0 Å².